The fraction of sp³-hybridized carbons (Fsp3) is 0.286. The van der Waals surface area contributed by atoms with E-state index in [-0.39, 0.29) is 5.82 Å². The summed E-state index contributed by atoms with van der Waals surface area (Å²) in [4.78, 5) is 12.6. The third-order valence-electron chi connectivity index (χ3n) is 2.76. The first-order chi connectivity index (χ1) is 9.06. The summed E-state index contributed by atoms with van der Waals surface area (Å²) < 4.78 is 12.8. The predicted molar refractivity (Wildman–Crippen MR) is 74.9 cm³/mol. The molecule has 1 aromatic heterocycles. The molecule has 0 N–H and O–H groups in total. The minimum atomic E-state index is -0.225. The van der Waals surface area contributed by atoms with Gasteiger partial charge in [0, 0.05) is 33.9 Å². The summed E-state index contributed by atoms with van der Waals surface area (Å²) in [6.45, 7) is 0.636. The van der Waals surface area contributed by atoms with E-state index in [1.165, 1.54) is 12.1 Å². The van der Waals surface area contributed by atoms with E-state index in [4.69, 9.17) is 0 Å². The quantitative estimate of drug-likeness (QED) is 0.844. The summed E-state index contributed by atoms with van der Waals surface area (Å²) in [6, 6.07) is 8.30. The summed E-state index contributed by atoms with van der Waals surface area (Å²) in [6.07, 6.45) is 1.73. The molecule has 0 aliphatic heterocycles. The van der Waals surface area contributed by atoms with Crippen LogP contribution in [0.15, 0.2) is 36.5 Å². The van der Waals surface area contributed by atoms with Crippen molar-refractivity contribution < 1.29 is 4.39 Å². The molecular weight excluding hydrogens is 243 g/mol. The van der Waals surface area contributed by atoms with E-state index in [9.17, 15) is 4.39 Å². The largest absolute Gasteiger partial charge is 0.363 e. The van der Waals surface area contributed by atoms with Gasteiger partial charge in [0.1, 0.15) is 11.6 Å². The first kappa shape index (κ1) is 13.3. The second kappa shape index (κ2) is 5.65. The Morgan fingerprint density at radius 2 is 1.74 bits per heavy atom. The van der Waals surface area contributed by atoms with Crippen molar-refractivity contribution in [2.24, 2.45) is 0 Å². The highest BCUT2D eigenvalue weighted by Crippen LogP contribution is 2.14. The van der Waals surface area contributed by atoms with E-state index in [0.717, 1.165) is 11.4 Å². The Hall–Kier alpha value is -2.17. The van der Waals surface area contributed by atoms with Crippen molar-refractivity contribution in [1.29, 1.82) is 0 Å². The number of halogens is 1. The van der Waals surface area contributed by atoms with E-state index in [2.05, 4.69) is 9.97 Å². The van der Waals surface area contributed by atoms with Crippen LogP contribution in [0.25, 0.3) is 0 Å². The van der Waals surface area contributed by atoms with Crippen molar-refractivity contribution in [3.05, 3.63) is 47.9 Å². The van der Waals surface area contributed by atoms with Crippen molar-refractivity contribution in [1.82, 2.24) is 9.97 Å². The van der Waals surface area contributed by atoms with Gasteiger partial charge in [-0.15, -0.1) is 0 Å². The number of anilines is 2. The van der Waals surface area contributed by atoms with Gasteiger partial charge in [0.15, 0.2) is 0 Å². The lowest BCUT2D eigenvalue weighted by Gasteiger charge is -2.19. The van der Waals surface area contributed by atoms with Crippen LogP contribution >= 0.6 is 0 Å². The van der Waals surface area contributed by atoms with Crippen LogP contribution in [-0.4, -0.2) is 31.1 Å². The van der Waals surface area contributed by atoms with Crippen molar-refractivity contribution >= 4 is 11.8 Å². The third-order valence-corrected chi connectivity index (χ3v) is 2.76. The average Bonchev–Trinajstić information content (AvgIpc) is 2.41. The van der Waals surface area contributed by atoms with Crippen LogP contribution in [0.2, 0.25) is 0 Å². The summed E-state index contributed by atoms with van der Waals surface area (Å²) in [7, 11) is 5.79. The third kappa shape index (κ3) is 3.40. The molecule has 0 atom stereocenters. The molecule has 1 aromatic carbocycles. The van der Waals surface area contributed by atoms with E-state index < -0.39 is 0 Å². The van der Waals surface area contributed by atoms with Gasteiger partial charge in [0.05, 0.1) is 0 Å². The molecule has 2 rings (SSSR count). The monoisotopic (exact) mass is 260 g/mol. The van der Waals surface area contributed by atoms with Gasteiger partial charge in [-0.05, 0) is 23.8 Å². The number of hydrogen-bond acceptors (Lipinski definition) is 4. The minimum absolute atomic E-state index is 0.225. The molecule has 100 valence electrons. The second-order valence-electron chi connectivity index (χ2n) is 4.59. The van der Waals surface area contributed by atoms with Gasteiger partial charge in [0.25, 0.3) is 0 Å². The van der Waals surface area contributed by atoms with Crippen LogP contribution in [0.1, 0.15) is 5.56 Å². The average molecular weight is 260 g/mol. The highest BCUT2D eigenvalue weighted by Gasteiger charge is 2.07. The highest BCUT2D eigenvalue weighted by molar-refractivity contribution is 5.42. The number of nitrogens with zero attached hydrogens (tertiary/aromatic N) is 4. The maximum Gasteiger partial charge on any atom is 0.227 e. The van der Waals surface area contributed by atoms with E-state index >= 15 is 0 Å². The fourth-order valence-corrected chi connectivity index (χ4v) is 1.71. The molecule has 0 bridgehead atoms. The zero-order valence-corrected chi connectivity index (χ0v) is 11.3. The minimum Gasteiger partial charge on any atom is -0.363 e. The van der Waals surface area contributed by atoms with Crippen LogP contribution in [-0.2, 0) is 6.54 Å². The maximum atomic E-state index is 12.8. The standard InChI is InChI=1S/C14H17FN4/c1-18(2)13-8-9-16-14(17-13)19(3)10-11-4-6-12(15)7-5-11/h4-9H,10H2,1-3H3. The molecule has 1 heterocycles. The van der Waals surface area contributed by atoms with Gasteiger partial charge in [-0.3, -0.25) is 0 Å². The van der Waals surface area contributed by atoms with Gasteiger partial charge in [-0.2, -0.15) is 4.98 Å². The molecule has 0 aliphatic rings. The van der Waals surface area contributed by atoms with Crippen molar-refractivity contribution in [2.75, 3.05) is 30.9 Å². The van der Waals surface area contributed by atoms with Crippen molar-refractivity contribution in [3.8, 4) is 0 Å². The van der Waals surface area contributed by atoms with Gasteiger partial charge in [-0.1, -0.05) is 12.1 Å². The molecule has 0 fully saturated rings. The molecule has 19 heavy (non-hydrogen) atoms. The molecule has 0 unspecified atom stereocenters. The molecule has 0 saturated heterocycles. The van der Waals surface area contributed by atoms with Crippen LogP contribution in [0.4, 0.5) is 16.2 Å². The molecule has 2 aromatic rings. The topological polar surface area (TPSA) is 32.3 Å². The van der Waals surface area contributed by atoms with Gasteiger partial charge < -0.3 is 9.80 Å². The first-order valence-corrected chi connectivity index (χ1v) is 6.02. The van der Waals surface area contributed by atoms with Crippen LogP contribution in [0.3, 0.4) is 0 Å². The molecule has 0 aliphatic carbocycles. The zero-order chi connectivity index (χ0) is 13.8. The highest BCUT2D eigenvalue weighted by atomic mass is 19.1. The molecular formula is C14H17FN4. The summed E-state index contributed by atoms with van der Waals surface area (Å²) in [5.74, 6) is 1.28. The fourth-order valence-electron chi connectivity index (χ4n) is 1.71. The van der Waals surface area contributed by atoms with Crippen LogP contribution in [0.5, 0.6) is 0 Å². The van der Waals surface area contributed by atoms with Gasteiger partial charge in [-0.25, -0.2) is 9.37 Å². The Kier molecular flexibility index (Phi) is 3.94. The molecule has 4 nitrogen and oxygen atoms in total. The van der Waals surface area contributed by atoms with Crippen LogP contribution < -0.4 is 9.80 Å². The number of benzene rings is 1. The smallest absolute Gasteiger partial charge is 0.227 e. The molecule has 0 amide bonds. The zero-order valence-electron chi connectivity index (χ0n) is 11.3. The molecule has 5 heteroatoms. The van der Waals surface area contributed by atoms with E-state index in [0.29, 0.717) is 12.5 Å². The Morgan fingerprint density at radius 3 is 2.37 bits per heavy atom. The lowest BCUT2D eigenvalue weighted by Crippen LogP contribution is -2.20. The first-order valence-electron chi connectivity index (χ1n) is 6.02. The Balaban J connectivity index is 2.13. The lowest BCUT2D eigenvalue weighted by atomic mass is 10.2. The Morgan fingerprint density at radius 1 is 1.05 bits per heavy atom. The molecule has 0 radical (unpaired) electrons. The normalized spacial score (nSPS) is 10.3. The van der Waals surface area contributed by atoms with E-state index in [1.54, 1.807) is 18.3 Å². The molecule has 0 saturated carbocycles. The molecule has 0 spiro atoms. The SMILES string of the molecule is CN(C)c1ccnc(N(C)Cc2ccc(F)cc2)n1. The summed E-state index contributed by atoms with van der Waals surface area (Å²) >= 11 is 0. The van der Waals surface area contributed by atoms with Gasteiger partial charge >= 0.3 is 0 Å². The number of aromatic nitrogens is 2. The summed E-state index contributed by atoms with van der Waals surface area (Å²) in [5, 5.41) is 0. The number of hydrogen-bond donors (Lipinski definition) is 0. The summed E-state index contributed by atoms with van der Waals surface area (Å²) in [5.41, 5.74) is 1.02. The van der Waals surface area contributed by atoms with E-state index in [1.807, 2.05) is 37.0 Å². The lowest BCUT2D eigenvalue weighted by molar-refractivity contribution is 0.627. The number of rotatable bonds is 4. The van der Waals surface area contributed by atoms with Crippen molar-refractivity contribution in [3.63, 3.8) is 0 Å². The second-order valence-corrected chi connectivity index (χ2v) is 4.59. The Labute approximate surface area is 112 Å². The Bertz CT molecular complexity index is 539. The predicted octanol–water partition coefficient (Wildman–Crippen LogP) is 2.32. The maximum absolute atomic E-state index is 12.8. The van der Waals surface area contributed by atoms with Gasteiger partial charge in [0.2, 0.25) is 5.95 Å². The van der Waals surface area contributed by atoms with Crippen LogP contribution in [0, 0.1) is 5.82 Å². The van der Waals surface area contributed by atoms with Crippen molar-refractivity contribution in [2.45, 2.75) is 6.54 Å².